The van der Waals surface area contributed by atoms with Gasteiger partial charge >= 0.3 is 0 Å². The number of ether oxygens (including phenoxy) is 5. The van der Waals surface area contributed by atoms with E-state index in [-0.39, 0.29) is 52.0 Å². The second kappa shape index (κ2) is 60.1. The fourth-order valence-corrected chi connectivity index (χ4v) is 19.3. The molecule has 4 N–H and O–H groups in total. The van der Waals surface area contributed by atoms with Crippen molar-refractivity contribution in [3.8, 4) is 90.1 Å². The van der Waals surface area contributed by atoms with Gasteiger partial charge in [0.15, 0.2) is 82.3 Å². The number of hydrogen-bond acceptors (Lipinski definition) is 9. The van der Waals surface area contributed by atoms with Crippen LogP contribution in [0.15, 0.2) is 244 Å². The third kappa shape index (κ3) is 28.5. The molecule has 14 aromatic rings. The summed E-state index contributed by atoms with van der Waals surface area (Å²) >= 11 is 0. The topological polar surface area (TPSA) is 192 Å². The maximum atomic E-state index is 6.17. The molecule has 18 rings (SSSR count). The van der Waals surface area contributed by atoms with Gasteiger partial charge < -0.3 is 95.6 Å². The number of aryl methyl sites for hydroxylation is 3. The highest BCUT2D eigenvalue weighted by atomic mass is 16.5. The highest BCUT2D eigenvalue weighted by Gasteiger charge is 2.33. The van der Waals surface area contributed by atoms with E-state index in [2.05, 4.69) is 404 Å². The molecular weight excluding hydrogens is 1850 g/mol. The molecule has 0 atom stereocenters. The summed E-state index contributed by atoms with van der Waals surface area (Å²) in [6.45, 7) is 30.7. The molecule has 0 unspecified atom stereocenters. The summed E-state index contributed by atoms with van der Waals surface area (Å²) in [7, 11) is 0. The smallest absolute Gasteiger partial charge is 0.216 e. The van der Waals surface area contributed by atoms with Gasteiger partial charge in [0.25, 0.3) is 0 Å². The maximum absolute atomic E-state index is 6.17. The van der Waals surface area contributed by atoms with Gasteiger partial charge in [0.2, 0.25) is 45.6 Å². The zero-order valence-electron chi connectivity index (χ0n) is 92.2. The Balaban J connectivity index is 0.000000293. The Bertz CT molecular complexity index is 6940. The third-order valence-corrected chi connectivity index (χ3v) is 26.9. The van der Waals surface area contributed by atoms with Gasteiger partial charge in [-0.2, -0.15) is 36.5 Å². The quantitative estimate of drug-likeness (QED) is 0.0163. The fraction of sp³-hybridized carbons (Fsp3) is 0.326. The Hall–Kier alpha value is -13.8. The molecule has 0 radical (unpaired) electrons. The average molecular weight is 2020 g/mol. The molecule has 4 aliphatic heterocycles. The molecule has 21 heteroatoms. The number of hydrogen-bond donors (Lipinski definition) is 4. The standard InChI is InChI=1S/C62H73N8O3.C60H69N8O2.7CH3/c1-5-9-33-67-34-17-13-21-55(67)59-47-25-27-49(63-47)60(56-22-14-18-35-68(56)38-44-71-41-10-6-2)51-29-31-53(65-51)62(58-24-16-20-37-70(58)40-46-73-43-12-8-4)54-32-30-52(66-54)61(50-28-26-48(59)64-50)57-23-15-19-36-69(57)39-45-72-42-11-7-3;1-5-9-33-65-35-17-13-21-53(65)57-45-25-26-46(61-45)58(54-22-14-18-36-66(54)34-10-6-2)48-28-30-50(63-48)60(56-24-16-20-38-68(56)40-44-70-42-12-8-4)52-32-31-51(64-52)59(49-29-27-47(57)62-49)55-23-15-19-37-67(55)39-43-69-41-11-7-3;;;;;;;/h13-32,34-37H,5-12,33,38-46H2,1-4H3,(H,63,64,65,66);13-32,35-38H,5-12,33-34,39-44H2,1-4H3,(H,61,62,63,64);7*1H3/q2*+3;7*-1/p+2. The van der Waals surface area contributed by atoms with E-state index in [4.69, 9.17) is 43.6 Å². The molecule has 14 aromatic heterocycles. The van der Waals surface area contributed by atoms with E-state index < -0.39 is 0 Å². The zero-order chi connectivity index (χ0) is 98.3. The molecule has 0 aliphatic carbocycles. The first kappa shape index (κ1) is 118. The van der Waals surface area contributed by atoms with Crippen LogP contribution in [-0.2, 0) is 76.0 Å². The lowest BCUT2D eigenvalue weighted by Gasteiger charge is -2.08. The lowest BCUT2D eigenvalue weighted by molar-refractivity contribution is -0.688. The summed E-state index contributed by atoms with van der Waals surface area (Å²) in [5.41, 5.74) is 31.4. The molecule has 0 amide bonds. The summed E-state index contributed by atoms with van der Waals surface area (Å²) in [5.74, 6) is 0. The number of fused-ring (bicyclic) bond motifs is 16. The molecule has 0 aromatic carbocycles. The van der Waals surface area contributed by atoms with Gasteiger partial charge in [-0.15, -0.1) is 0 Å². The van der Waals surface area contributed by atoms with E-state index in [0.29, 0.717) is 65.8 Å². The number of nitrogens with one attached hydrogen (secondary N) is 4. The first-order valence-electron chi connectivity index (χ1n) is 52.8. The number of aromatic amines is 4. The minimum Gasteiger partial charge on any atom is -0.375 e. The van der Waals surface area contributed by atoms with Crippen molar-refractivity contribution in [3.63, 3.8) is 0 Å². The van der Waals surface area contributed by atoms with Crippen molar-refractivity contribution in [1.29, 1.82) is 0 Å². The monoisotopic (exact) mass is 2020 g/mol. The van der Waals surface area contributed by atoms with Gasteiger partial charge in [0.05, 0.1) is 134 Å². The minimum absolute atomic E-state index is 0. The Morgan fingerprint density at radius 3 is 0.453 bits per heavy atom. The summed E-state index contributed by atoms with van der Waals surface area (Å²) in [6.07, 6.45) is 52.1. The lowest BCUT2D eigenvalue weighted by atomic mass is 10.1. The number of H-pyrrole nitrogens is 4. The summed E-state index contributed by atoms with van der Waals surface area (Å²) in [4.78, 5) is 38.7. The SMILES string of the molecule is CCCCOCC[n+]1ccccc1-c1c2nc(c(-c3cccc[n+]3CCOCCCC)c3ccc([nH]3)c(-c3cccc[n+]3CCCC)c3nc(c(-c4cccc[n+]4CCCC)c4ccc1[nH]4)C=C3)C=C2.CCCCOCC[n+]1ccccc1-c1c2nc(c(-c3cccc[n+]3CCOCCCC)c3ccc([nH]3)c(-c3cccc[n+]3CCOCCCC)c3nc(c(-c4cccc[n+]4CCCC)c4ccc1[nH]4)C=C3)C=C2.[CH3-].[CH3-].[CH3-].[CH3-].[CH3-].[CH3-].[CH3-]. The van der Waals surface area contributed by atoms with Crippen molar-refractivity contribution in [2.75, 3.05) is 66.1 Å². The van der Waals surface area contributed by atoms with Gasteiger partial charge in [-0.3, -0.25) is 0 Å². The van der Waals surface area contributed by atoms with Crippen LogP contribution in [0.5, 0.6) is 0 Å². The zero-order valence-corrected chi connectivity index (χ0v) is 92.2. The molecule has 0 spiro atoms. The highest BCUT2D eigenvalue weighted by Crippen LogP contribution is 2.41. The number of rotatable bonds is 47. The summed E-state index contributed by atoms with van der Waals surface area (Å²) in [5, 5.41) is 0. The van der Waals surface area contributed by atoms with Crippen LogP contribution in [0.3, 0.4) is 0 Å². The van der Waals surface area contributed by atoms with E-state index in [0.717, 1.165) is 335 Å². The van der Waals surface area contributed by atoms with Crippen molar-refractivity contribution in [2.24, 2.45) is 0 Å². The van der Waals surface area contributed by atoms with Crippen molar-refractivity contribution in [3.05, 3.63) is 341 Å². The van der Waals surface area contributed by atoms with Crippen molar-refractivity contribution in [2.45, 2.75) is 210 Å². The number of nitrogens with zero attached hydrogens (tertiary/aromatic N) is 12. The Morgan fingerprint density at radius 1 is 0.173 bits per heavy atom. The number of pyridine rings is 8. The molecule has 0 saturated heterocycles. The summed E-state index contributed by atoms with van der Waals surface area (Å²) < 4.78 is 49.5. The van der Waals surface area contributed by atoms with E-state index >= 15 is 0 Å². The maximum Gasteiger partial charge on any atom is 0.216 e. The summed E-state index contributed by atoms with van der Waals surface area (Å²) in [6, 6.07) is 69.4. The largest absolute Gasteiger partial charge is 0.375 e. The van der Waals surface area contributed by atoms with Crippen LogP contribution in [0.25, 0.3) is 183 Å². The first-order valence-corrected chi connectivity index (χ1v) is 52.8. The highest BCUT2D eigenvalue weighted by molar-refractivity contribution is 6.01. The predicted molar refractivity (Wildman–Crippen MR) is 621 cm³/mol. The molecular formula is C129H165N16O5+. The Morgan fingerprint density at radius 2 is 0.313 bits per heavy atom. The van der Waals surface area contributed by atoms with E-state index in [1.165, 1.54) is 0 Å². The van der Waals surface area contributed by atoms with Crippen LogP contribution in [0.4, 0.5) is 0 Å². The van der Waals surface area contributed by atoms with Crippen molar-refractivity contribution >= 4 is 92.7 Å². The second-order valence-corrected chi connectivity index (χ2v) is 37.1. The molecule has 0 fully saturated rings. The molecule has 21 nitrogen and oxygen atoms in total. The number of unbranched alkanes of at least 4 members (excludes halogenated alkanes) is 8. The first-order chi connectivity index (χ1) is 70.7. The van der Waals surface area contributed by atoms with Crippen LogP contribution < -0.4 is 36.5 Å². The van der Waals surface area contributed by atoms with Crippen molar-refractivity contribution in [1.82, 2.24) is 39.9 Å². The minimum atomic E-state index is 0. The van der Waals surface area contributed by atoms with Crippen molar-refractivity contribution < 1.29 is 60.2 Å². The van der Waals surface area contributed by atoms with Crippen LogP contribution >= 0.6 is 0 Å². The van der Waals surface area contributed by atoms with Gasteiger partial charge in [0, 0.05) is 149 Å². The van der Waals surface area contributed by atoms with Crippen LogP contribution in [0, 0.1) is 52.0 Å². The fourth-order valence-electron chi connectivity index (χ4n) is 19.3. The average Bonchev–Trinajstić information content (AvgIpc) is 1.61. The Kier molecular flexibility index (Phi) is 47.4. The molecule has 4 aliphatic rings. The normalized spacial score (nSPS) is 11.5. The van der Waals surface area contributed by atoms with Gasteiger partial charge in [-0.05, 0) is 178 Å². The van der Waals surface area contributed by atoms with Gasteiger partial charge in [-0.1, -0.05) is 107 Å². The molecule has 150 heavy (non-hydrogen) atoms. The van der Waals surface area contributed by atoms with E-state index in [1.54, 1.807) is 0 Å². The van der Waals surface area contributed by atoms with Gasteiger partial charge in [-0.25, -0.2) is 19.9 Å². The third-order valence-electron chi connectivity index (χ3n) is 26.9. The lowest BCUT2D eigenvalue weighted by Crippen LogP contribution is -2.38. The predicted octanol–water partition coefficient (Wildman–Crippen LogP) is 26.6. The Labute approximate surface area is 895 Å². The van der Waals surface area contributed by atoms with Crippen LogP contribution in [0.1, 0.15) is 204 Å². The number of aromatic nitrogens is 16. The van der Waals surface area contributed by atoms with Crippen LogP contribution in [0.2, 0.25) is 0 Å². The molecule has 790 valence electrons. The van der Waals surface area contributed by atoms with Crippen LogP contribution in [-0.4, -0.2) is 106 Å². The molecule has 16 bridgehead atoms. The van der Waals surface area contributed by atoms with E-state index in [9.17, 15) is 0 Å². The van der Waals surface area contributed by atoms with Gasteiger partial charge in [0.1, 0.15) is 52.7 Å². The van der Waals surface area contributed by atoms with E-state index in [1.807, 2.05) is 0 Å². The second-order valence-electron chi connectivity index (χ2n) is 37.1. The molecule has 18 heterocycles. The molecule has 0 saturated carbocycles.